The summed E-state index contributed by atoms with van der Waals surface area (Å²) in [5.74, 6) is -1.87. The predicted molar refractivity (Wildman–Crippen MR) is 67.5 cm³/mol. The van der Waals surface area contributed by atoms with Crippen LogP contribution in [0.4, 0.5) is 13.2 Å². The number of nitrogens with zero attached hydrogens (tertiary/aromatic N) is 2. The average Bonchev–Trinajstić information content (AvgIpc) is 2.86. The zero-order valence-electron chi connectivity index (χ0n) is 10.8. The zero-order chi connectivity index (χ0) is 14.8. The molecule has 0 fully saturated rings. The van der Waals surface area contributed by atoms with Gasteiger partial charge in [-0.15, -0.1) is 0 Å². The Hall–Kier alpha value is -2.11. The van der Waals surface area contributed by atoms with Gasteiger partial charge in [-0.3, -0.25) is 9.48 Å². The van der Waals surface area contributed by atoms with Crippen LogP contribution < -0.4 is 0 Å². The SMILES string of the molecule is CCc1ccc(Cn2cc(C(=O)C(F)(F)F)cn2)cc1. The first-order valence-electron chi connectivity index (χ1n) is 6.12. The first-order chi connectivity index (χ1) is 9.40. The van der Waals surface area contributed by atoms with Crippen molar-refractivity contribution in [2.75, 3.05) is 0 Å². The van der Waals surface area contributed by atoms with Crippen molar-refractivity contribution in [3.63, 3.8) is 0 Å². The first-order valence-corrected chi connectivity index (χ1v) is 6.12. The fourth-order valence-corrected chi connectivity index (χ4v) is 1.80. The Morgan fingerprint density at radius 2 is 1.80 bits per heavy atom. The number of benzene rings is 1. The molecule has 0 amide bonds. The van der Waals surface area contributed by atoms with Gasteiger partial charge in [-0.25, -0.2) is 0 Å². The van der Waals surface area contributed by atoms with Crippen LogP contribution in [0.5, 0.6) is 0 Å². The predicted octanol–water partition coefficient (Wildman–Crippen LogP) is 3.24. The molecule has 1 aromatic carbocycles. The summed E-state index contributed by atoms with van der Waals surface area (Å²) in [5, 5.41) is 3.78. The third-order valence-corrected chi connectivity index (χ3v) is 2.93. The van der Waals surface area contributed by atoms with E-state index < -0.39 is 17.5 Å². The highest BCUT2D eigenvalue weighted by molar-refractivity contribution is 5.99. The molecule has 6 heteroatoms. The largest absolute Gasteiger partial charge is 0.454 e. The van der Waals surface area contributed by atoms with E-state index in [4.69, 9.17) is 0 Å². The summed E-state index contributed by atoms with van der Waals surface area (Å²) in [4.78, 5) is 11.0. The number of hydrogen-bond acceptors (Lipinski definition) is 2. The Morgan fingerprint density at radius 1 is 1.20 bits per heavy atom. The molecular weight excluding hydrogens is 269 g/mol. The minimum atomic E-state index is -4.86. The molecule has 0 saturated carbocycles. The average molecular weight is 282 g/mol. The zero-order valence-corrected chi connectivity index (χ0v) is 10.8. The highest BCUT2D eigenvalue weighted by atomic mass is 19.4. The number of halogens is 3. The van der Waals surface area contributed by atoms with E-state index in [0.29, 0.717) is 6.54 Å². The maximum atomic E-state index is 12.3. The molecule has 20 heavy (non-hydrogen) atoms. The number of aryl methyl sites for hydroxylation is 1. The van der Waals surface area contributed by atoms with Crippen molar-refractivity contribution in [2.24, 2.45) is 0 Å². The van der Waals surface area contributed by atoms with Gasteiger partial charge in [0.2, 0.25) is 0 Å². The molecule has 0 aliphatic carbocycles. The Bertz CT molecular complexity index is 600. The number of ketones is 1. The van der Waals surface area contributed by atoms with E-state index in [0.717, 1.165) is 24.4 Å². The van der Waals surface area contributed by atoms with Gasteiger partial charge in [0.05, 0.1) is 18.3 Å². The molecule has 0 N–H and O–H groups in total. The minimum absolute atomic E-state index is 0.329. The molecule has 0 bridgehead atoms. The molecule has 0 aliphatic heterocycles. The topological polar surface area (TPSA) is 34.9 Å². The second kappa shape index (κ2) is 5.48. The lowest BCUT2D eigenvalue weighted by molar-refractivity contribution is -0.0885. The molecule has 0 aliphatic rings. The highest BCUT2D eigenvalue weighted by Crippen LogP contribution is 2.21. The van der Waals surface area contributed by atoms with E-state index in [9.17, 15) is 18.0 Å². The summed E-state index contributed by atoms with van der Waals surface area (Å²) < 4.78 is 38.1. The summed E-state index contributed by atoms with van der Waals surface area (Å²) in [6.45, 7) is 2.37. The van der Waals surface area contributed by atoms with Gasteiger partial charge in [0.1, 0.15) is 0 Å². The van der Waals surface area contributed by atoms with Crippen molar-refractivity contribution in [1.29, 1.82) is 0 Å². The van der Waals surface area contributed by atoms with Gasteiger partial charge < -0.3 is 0 Å². The van der Waals surface area contributed by atoms with Gasteiger partial charge in [-0.05, 0) is 17.5 Å². The smallest absolute Gasteiger partial charge is 0.284 e. The number of rotatable bonds is 4. The van der Waals surface area contributed by atoms with Crippen molar-refractivity contribution >= 4 is 5.78 Å². The number of Topliss-reactive ketones (excluding diaryl/α,β-unsaturated/α-hetero) is 1. The third-order valence-electron chi connectivity index (χ3n) is 2.93. The molecular formula is C14H13F3N2O. The van der Waals surface area contributed by atoms with Crippen LogP contribution in [0.15, 0.2) is 36.7 Å². The summed E-state index contributed by atoms with van der Waals surface area (Å²) in [6, 6.07) is 7.71. The van der Waals surface area contributed by atoms with Crippen LogP contribution in [0.25, 0.3) is 0 Å². The molecule has 0 radical (unpaired) electrons. The van der Waals surface area contributed by atoms with Crippen molar-refractivity contribution in [1.82, 2.24) is 9.78 Å². The summed E-state index contributed by atoms with van der Waals surface area (Å²) in [5.41, 5.74) is 1.65. The van der Waals surface area contributed by atoms with Crippen LogP contribution in [0.1, 0.15) is 28.4 Å². The number of carbonyl (C=O) groups is 1. The van der Waals surface area contributed by atoms with Crippen molar-refractivity contribution < 1.29 is 18.0 Å². The van der Waals surface area contributed by atoms with Gasteiger partial charge in [-0.2, -0.15) is 18.3 Å². The quantitative estimate of drug-likeness (QED) is 0.807. The Labute approximate surface area is 114 Å². The fraction of sp³-hybridized carbons (Fsp3) is 0.286. The highest BCUT2D eigenvalue weighted by Gasteiger charge is 2.39. The molecule has 0 spiro atoms. The Kier molecular flexibility index (Phi) is 3.92. The van der Waals surface area contributed by atoms with E-state index in [2.05, 4.69) is 5.10 Å². The van der Waals surface area contributed by atoms with Gasteiger partial charge in [-0.1, -0.05) is 31.2 Å². The number of carbonyl (C=O) groups excluding carboxylic acids is 1. The van der Waals surface area contributed by atoms with E-state index in [1.54, 1.807) is 0 Å². The molecule has 1 heterocycles. The lowest BCUT2D eigenvalue weighted by atomic mass is 10.1. The molecule has 1 aromatic heterocycles. The molecule has 106 valence electrons. The van der Waals surface area contributed by atoms with Gasteiger partial charge in [0.15, 0.2) is 0 Å². The second-order valence-electron chi connectivity index (χ2n) is 4.42. The molecule has 2 aromatic rings. The van der Waals surface area contributed by atoms with E-state index in [-0.39, 0.29) is 0 Å². The normalized spacial score (nSPS) is 11.6. The second-order valence-corrected chi connectivity index (χ2v) is 4.42. The van der Waals surface area contributed by atoms with Gasteiger partial charge in [0.25, 0.3) is 5.78 Å². The molecule has 3 nitrogen and oxygen atoms in total. The van der Waals surface area contributed by atoms with E-state index in [1.165, 1.54) is 10.2 Å². The molecule has 0 atom stereocenters. The van der Waals surface area contributed by atoms with Crippen LogP contribution in [0.3, 0.4) is 0 Å². The standard InChI is InChI=1S/C14H13F3N2O/c1-2-10-3-5-11(6-4-10)8-19-9-12(7-18-19)13(20)14(15,16)17/h3-7,9H,2,8H2,1H3. The lowest BCUT2D eigenvalue weighted by Crippen LogP contribution is -2.22. The number of aromatic nitrogens is 2. The lowest BCUT2D eigenvalue weighted by Gasteiger charge is -2.03. The third kappa shape index (κ3) is 3.26. The van der Waals surface area contributed by atoms with E-state index >= 15 is 0 Å². The molecule has 2 rings (SSSR count). The van der Waals surface area contributed by atoms with Crippen LogP contribution >= 0.6 is 0 Å². The maximum Gasteiger partial charge on any atom is 0.454 e. The molecule has 0 saturated heterocycles. The number of alkyl halides is 3. The number of hydrogen-bond donors (Lipinski definition) is 0. The fourth-order valence-electron chi connectivity index (χ4n) is 1.80. The molecule has 0 unspecified atom stereocenters. The van der Waals surface area contributed by atoms with Gasteiger partial charge in [0, 0.05) is 6.20 Å². The Morgan fingerprint density at radius 3 is 2.35 bits per heavy atom. The summed E-state index contributed by atoms with van der Waals surface area (Å²) in [7, 11) is 0. The van der Waals surface area contributed by atoms with Crippen LogP contribution in [0, 0.1) is 0 Å². The maximum absolute atomic E-state index is 12.3. The summed E-state index contributed by atoms with van der Waals surface area (Å²) >= 11 is 0. The monoisotopic (exact) mass is 282 g/mol. The van der Waals surface area contributed by atoms with E-state index in [1.807, 2.05) is 31.2 Å². The van der Waals surface area contributed by atoms with Gasteiger partial charge >= 0.3 is 6.18 Å². The van der Waals surface area contributed by atoms with Crippen LogP contribution in [0.2, 0.25) is 0 Å². The summed E-state index contributed by atoms with van der Waals surface area (Å²) in [6.07, 6.45) is -1.89. The van der Waals surface area contributed by atoms with Crippen LogP contribution in [-0.4, -0.2) is 21.7 Å². The Balaban J connectivity index is 2.11. The minimum Gasteiger partial charge on any atom is -0.284 e. The first kappa shape index (κ1) is 14.3. The van der Waals surface area contributed by atoms with Crippen molar-refractivity contribution in [3.05, 3.63) is 53.3 Å². The van der Waals surface area contributed by atoms with Crippen molar-refractivity contribution in [3.8, 4) is 0 Å². The van der Waals surface area contributed by atoms with Crippen LogP contribution in [-0.2, 0) is 13.0 Å². The van der Waals surface area contributed by atoms with Crippen molar-refractivity contribution in [2.45, 2.75) is 26.1 Å².